The summed E-state index contributed by atoms with van der Waals surface area (Å²) in [6.07, 6.45) is 5.07. The number of furan rings is 1. The van der Waals surface area contributed by atoms with E-state index >= 15 is 0 Å². The van der Waals surface area contributed by atoms with Crippen molar-refractivity contribution < 1.29 is 14.0 Å². The zero-order valence-corrected chi connectivity index (χ0v) is 14.2. The Kier molecular flexibility index (Phi) is 5.59. The molecule has 3 rings (SSSR count). The minimum Gasteiger partial charge on any atom is -0.467 e. The molecular weight excluding hydrogens is 324 g/mol. The van der Waals surface area contributed by atoms with E-state index in [2.05, 4.69) is 28.8 Å². The topological polar surface area (TPSA) is 71.3 Å². The molecule has 0 bridgehead atoms. The second kappa shape index (κ2) is 8.06. The smallest absolute Gasteiger partial charge is 0.239 e. The third-order valence-electron chi connectivity index (χ3n) is 3.93. The van der Waals surface area contributed by atoms with Crippen molar-refractivity contribution in [2.75, 3.05) is 12.3 Å². The molecule has 0 saturated heterocycles. The Balaban J connectivity index is 1.35. The van der Waals surface area contributed by atoms with E-state index in [1.807, 2.05) is 0 Å². The number of hydrogen-bond acceptors (Lipinski definition) is 4. The van der Waals surface area contributed by atoms with E-state index in [9.17, 15) is 9.59 Å². The van der Waals surface area contributed by atoms with Crippen LogP contribution in [0.25, 0.3) is 0 Å². The second-order valence-corrected chi connectivity index (χ2v) is 6.75. The second-order valence-electron chi connectivity index (χ2n) is 5.71. The van der Waals surface area contributed by atoms with Crippen molar-refractivity contribution in [1.82, 2.24) is 10.6 Å². The summed E-state index contributed by atoms with van der Waals surface area (Å²) in [5, 5.41) is 5.32. The Bertz CT molecular complexity index is 713. The Morgan fingerprint density at radius 1 is 1.08 bits per heavy atom. The molecule has 0 spiro atoms. The van der Waals surface area contributed by atoms with Crippen LogP contribution < -0.4 is 10.6 Å². The molecule has 1 aromatic carbocycles. The van der Waals surface area contributed by atoms with Gasteiger partial charge in [0.1, 0.15) is 5.76 Å². The van der Waals surface area contributed by atoms with Gasteiger partial charge in [0.2, 0.25) is 11.8 Å². The minimum atomic E-state index is -0.234. The van der Waals surface area contributed by atoms with Crippen molar-refractivity contribution in [2.24, 2.45) is 0 Å². The number of carbonyl (C=O) groups excluding carboxylic acids is 2. The summed E-state index contributed by atoms with van der Waals surface area (Å²) in [4.78, 5) is 24.6. The first-order chi connectivity index (χ1) is 11.7. The van der Waals surface area contributed by atoms with Gasteiger partial charge in [0.15, 0.2) is 0 Å². The van der Waals surface area contributed by atoms with Crippen molar-refractivity contribution in [3.05, 3.63) is 53.5 Å². The average Bonchev–Trinajstić information content (AvgIpc) is 3.26. The van der Waals surface area contributed by atoms with Gasteiger partial charge >= 0.3 is 0 Å². The SMILES string of the molecule is O=C(CNC(=O)CSc1ccc2c(c1)CCC2)NCc1ccco1. The first-order valence-electron chi connectivity index (χ1n) is 8.01. The largest absolute Gasteiger partial charge is 0.467 e. The number of aryl methyl sites for hydroxylation is 2. The number of thioether (sulfide) groups is 1. The van der Waals surface area contributed by atoms with Crippen molar-refractivity contribution in [2.45, 2.75) is 30.7 Å². The van der Waals surface area contributed by atoms with E-state index in [-0.39, 0.29) is 18.4 Å². The van der Waals surface area contributed by atoms with Crippen LogP contribution in [0, 0.1) is 0 Å². The summed E-state index contributed by atoms with van der Waals surface area (Å²) in [6.45, 7) is 0.301. The Morgan fingerprint density at radius 3 is 2.79 bits per heavy atom. The quantitative estimate of drug-likeness (QED) is 0.756. The molecule has 0 aliphatic heterocycles. The third-order valence-corrected chi connectivity index (χ3v) is 4.92. The van der Waals surface area contributed by atoms with Gasteiger partial charge in [0.05, 0.1) is 25.1 Å². The van der Waals surface area contributed by atoms with Crippen LogP contribution in [0.5, 0.6) is 0 Å². The molecule has 6 heteroatoms. The summed E-state index contributed by atoms with van der Waals surface area (Å²) in [5.41, 5.74) is 2.83. The summed E-state index contributed by atoms with van der Waals surface area (Å²) >= 11 is 1.50. The van der Waals surface area contributed by atoms with E-state index in [4.69, 9.17) is 4.42 Å². The number of rotatable bonds is 7. The fraction of sp³-hybridized carbons (Fsp3) is 0.333. The fourth-order valence-electron chi connectivity index (χ4n) is 2.68. The van der Waals surface area contributed by atoms with Gasteiger partial charge in [-0.3, -0.25) is 9.59 Å². The molecule has 0 radical (unpaired) electrons. The van der Waals surface area contributed by atoms with Crippen LogP contribution in [0.3, 0.4) is 0 Å². The van der Waals surface area contributed by atoms with Crippen LogP contribution in [-0.4, -0.2) is 24.1 Å². The number of fused-ring (bicyclic) bond motifs is 1. The molecule has 1 aromatic heterocycles. The molecule has 126 valence electrons. The van der Waals surface area contributed by atoms with E-state index in [1.165, 1.54) is 29.3 Å². The van der Waals surface area contributed by atoms with Crippen LogP contribution in [0.1, 0.15) is 23.3 Å². The molecule has 2 N–H and O–H groups in total. The standard InChI is InChI=1S/C18H20N2O3S/c21-17(19-10-15-5-2-8-23-15)11-20-18(22)12-24-16-7-6-13-3-1-4-14(13)9-16/h2,5-9H,1,3-4,10-12H2,(H,19,21)(H,20,22). The molecule has 24 heavy (non-hydrogen) atoms. The first-order valence-corrected chi connectivity index (χ1v) is 8.99. The van der Waals surface area contributed by atoms with Crippen molar-refractivity contribution >= 4 is 23.6 Å². The maximum absolute atomic E-state index is 11.9. The highest BCUT2D eigenvalue weighted by atomic mass is 32.2. The summed E-state index contributed by atoms with van der Waals surface area (Å²) in [6, 6.07) is 9.95. The Morgan fingerprint density at radius 2 is 1.96 bits per heavy atom. The monoisotopic (exact) mass is 344 g/mol. The lowest BCUT2D eigenvalue weighted by Crippen LogP contribution is -2.37. The zero-order chi connectivity index (χ0) is 16.8. The normalized spacial score (nSPS) is 12.7. The van der Waals surface area contributed by atoms with Gasteiger partial charge in [0, 0.05) is 4.90 Å². The van der Waals surface area contributed by atoms with Crippen LogP contribution >= 0.6 is 11.8 Å². The highest BCUT2D eigenvalue weighted by molar-refractivity contribution is 8.00. The van der Waals surface area contributed by atoms with Crippen molar-refractivity contribution in [3.63, 3.8) is 0 Å². The molecule has 0 atom stereocenters. The number of nitrogens with one attached hydrogen (secondary N) is 2. The zero-order valence-electron chi connectivity index (χ0n) is 13.3. The van der Waals surface area contributed by atoms with Crippen LogP contribution in [0.2, 0.25) is 0 Å². The van der Waals surface area contributed by atoms with Gasteiger partial charge in [-0.15, -0.1) is 11.8 Å². The van der Waals surface area contributed by atoms with Crippen LogP contribution in [0.15, 0.2) is 45.9 Å². The third kappa shape index (κ3) is 4.64. The number of amides is 2. The van der Waals surface area contributed by atoms with E-state index in [1.54, 1.807) is 18.4 Å². The highest BCUT2D eigenvalue weighted by Crippen LogP contribution is 2.27. The first kappa shape index (κ1) is 16.6. The average molecular weight is 344 g/mol. The predicted molar refractivity (Wildman–Crippen MR) is 92.8 cm³/mol. The summed E-state index contributed by atoms with van der Waals surface area (Å²) in [7, 11) is 0. The maximum atomic E-state index is 11.9. The molecule has 1 aliphatic rings. The molecule has 2 aromatic rings. The fourth-order valence-corrected chi connectivity index (χ4v) is 3.47. The molecular formula is C18H20N2O3S. The van der Waals surface area contributed by atoms with Crippen molar-refractivity contribution in [3.8, 4) is 0 Å². The van der Waals surface area contributed by atoms with Crippen molar-refractivity contribution in [1.29, 1.82) is 0 Å². The van der Waals surface area contributed by atoms with E-state index in [0.29, 0.717) is 18.1 Å². The van der Waals surface area contributed by atoms with Gasteiger partial charge in [-0.25, -0.2) is 0 Å². The predicted octanol–water partition coefficient (Wildman–Crippen LogP) is 2.29. The lowest BCUT2D eigenvalue weighted by Gasteiger charge is -2.07. The molecule has 0 fully saturated rings. The Labute approximate surface area is 145 Å². The summed E-state index contributed by atoms with van der Waals surface area (Å²) in [5.74, 6) is 0.613. The molecule has 0 unspecified atom stereocenters. The maximum Gasteiger partial charge on any atom is 0.239 e. The molecule has 1 aliphatic carbocycles. The lowest BCUT2D eigenvalue weighted by atomic mass is 10.1. The van der Waals surface area contributed by atoms with Gasteiger partial charge in [-0.2, -0.15) is 0 Å². The van der Waals surface area contributed by atoms with E-state index in [0.717, 1.165) is 17.7 Å². The van der Waals surface area contributed by atoms with Crippen LogP contribution in [0.4, 0.5) is 0 Å². The molecule has 1 heterocycles. The Hall–Kier alpha value is -2.21. The lowest BCUT2D eigenvalue weighted by molar-refractivity contribution is -0.124. The molecule has 2 amide bonds. The molecule has 0 saturated carbocycles. The minimum absolute atomic E-state index is 0.0235. The molecule has 5 nitrogen and oxygen atoms in total. The summed E-state index contributed by atoms with van der Waals surface area (Å²) < 4.78 is 5.12. The number of benzene rings is 1. The van der Waals surface area contributed by atoms with Gasteiger partial charge in [-0.05, 0) is 54.7 Å². The number of carbonyl (C=O) groups is 2. The van der Waals surface area contributed by atoms with Gasteiger partial charge < -0.3 is 15.1 Å². The van der Waals surface area contributed by atoms with Gasteiger partial charge in [-0.1, -0.05) is 6.07 Å². The van der Waals surface area contributed by atoms with E-state index < -0.39 is 0 Å². The number of hydrogen-bond donors (Lipinski definition) is 2. The highest BCUT2D eigenvalue weighted by Gasteiger charge is 2.12. The van der Waals surface area contributed by atoms with Gasteiger partial charge in [0.25, 0.3) is 0 Å². The van der Waals surface area contributed by atoms with Crippen LogP contribution in [-0.2, 0) is 29.0 Å².